The first-order valence-electron chi connectivity index (χ1n) is 9.43. The van der Waals surface area contributed by atoms with Crippen molar-refractivity contribution in [1.82, 2.24) is 29.2 Å². The maximum Gasteiger partial charge on any atom is 0.573 e. The molecule has 0 atom stereocenters. The molecule has 1 amide bonds. The Bertz CT molecular complexity index is 1160. The number of halogens is 4. The fraction of sp³-hybridized carbons (Fsp3) is 0.368. The molecule has 1 fully saturated rings. The first kappa shape index (κ1) is 21.2. The summed E-state index contributed by atoms with van der Waals surface area (Å²) in [7, 11) is 0. The highest BCUT2D eigenvalue weighted by atomic mass is 35.5. The average molecular weight is 455 g/mol. The molecule has 164 valence electrons. The van der Waals surface area contributed by atoms with Crippen molar-refractivity contribution >= 4 is 18.3 Å². The summed E-state index contributed by atoms with van der Waals surface area (Å²) < 4.78 is 45.8. The molecule has 12 heteroatoms. The smallest absolute Gasteiger partial charge is 0.406 e. The molecule has 2 aliphatic heterocycles. The van der Waals surface area contributed by atoms with Gasteiger partial charge < -0.3 is 14.2 Å². The first-order valence-corrected chi connectivity index (χ1v) is 9.43. The molecule has 0 unspecified atom stereocenters. The highest BCUT2D eigenvalue weighted by Gasteiger charge is 2.32. The van der Waals surface area contributed by atoms with Crippen molar-refractivity contribution in [3.05, 3.63) is 41.7 Å². The van der Waals surface area contributed by atoms with E-state index in [0.717, 1.165) is 17.8 Å². The van der Waals surface area contributed by atoms with Gasteiger partial charge >= 0.3 is 6.36 Å². The molecule has 3 aromatic rings. The zero-order chi connectivity index (χ0) is 21.0. The third-order valence-electron chi connectivity index (χ3n) is 5.30. The number of nitrogens with zero attached hydrogens (tertiary/aromatic N) is 6. The molecule has 0 radical (unpaired) electrons. The third kappa shape index (κ3) is 3.85. The fourth-order valence-electron chi connectivity index (χ4n) is 3.91. The second kappa shape index (κ2) is 7.56. The molecule has 2 aromatic heterocycles. The van der Waals surface area contributed by atoms with E-state index in [2.05, 4.69) is 19.8 Å². The number of hydrogen-bond acceptors (Lipinski definition) is 5. The van der Waals surface area contributed by atoms with Crippen molar-refractivity contribution in [2.24, 2.45) is 0 Å². The van der Waals surface area contributed by atoms with Gasteiger partial charge in [0.15, 0.2) is 11.6 Å². The van der Waals surface area contributed by atoms with E-state index in [0.29, 0.717) is 42.4 Å². The van der Waals surface area contributed by atoms with E-state index in [1.165, 1.54) is 12.1 Å². The van der Waals surface area contributed by atoms with Gasteiger partial charge in [0, 0.05) is 18.5 Å². The van der Waals surface area contributed by atoms with Gasteiger partial charge in [0.1, 0.15) is 5.75 Å². The van der Waals surface area contributed by atoms with Gasteiger partial charge in [-0.2, -0.15) is 5.10 Å². The summed E-state index contributed by atoms with van der Waals surface area (Å²) in [5, 5.41) is 4.54. The second-order valence-corrected chi connectivity index (χ2v) is 7.30. The highest BCUT2D eigenvalue weighted by Crippen LogP contribution is 2.35. The predicted molar refractivity (Wildman–Crippen MR) is 105 cm³/mol. The zero-order valence-electron chi connectivity index (χ0n) is 16.4. The number of ether oxygens (including phenoxy) is 1. The molecule has 8 nitrogen and oxygen atoms in total. The number of likely N-dealkylation sites (tertiary alicyclic amines) is 1. The lowest BCUT2D eigenvalue weighted by Crippen LogP contribution is -2.24. The molecule has 0 bridgehead atoms. The Hall–Kier alpha value is -3.08. The summed E-state index contributed by atoms with van der Waals surface area (Å²) >= 11 is 0. The molecule has 1 saturated heterocycles. The van der Waals surface area contributed by atoms with Crippen molar-refractivity contribution in [1.29, 1.82) is 0 Å². The molecule has 0 N–H and O–H groups in total. The molecule has 31 heavy (non-hydrogen) atoms. The van der Waals surface area contributed by atoms with Gasteiger partial charge in [-0.3, -0.25) is 4.79 Å². The van der Waals surface area contributed by atoms with E-state index >= 15 is 0 Å². The summed E-state index contributed by atoms with van der Waals surface area (Å²) in [6, 6.07) is 4.12. The standard InChI is InChI=1S/C19H17F3N6O2.ClH/c1-11-15-8-28-18(24-16(25-28)9-26-6-2-3-17(26)29)13-7-12(30-19(20,21)22)4-5-14(13)27(15)10-23-11;/h4-5,7,10H,2-3,6,8-9H2,1H3;1H. The Labute approximate surface area is 181 Å². The zero-order valence-corrected chi connectivity index (χ0v) is 17.2. The monoisotopic (exact) mass is 454 g/mol. The molecule has 1 aromatic carbocycles. The Morgan fingerprint density at radius 3 is 2.77 bits per heavy atom. The van der Waals surface area contributed by atoms with Crippen LogP contribution >= 0.6 is 12.4 Å². The Morgan fingerprint density at radius 1 is 1.26 bits per heavy atom. The summed E-state index contributed by atoms with van der Waals surface area (Å²) in [4.78, 5) is 22.5. The molecular weight excluding hydrogens is 437 g/mol. The fourth-order valence-corrected chi connectivity index (χ4v) is 3.91. The molecule has 5 rings (SSSR count). The van der Waals surface area contributed by atoms with Crippen LogP contribution in [0.25, 0.3) is 17.1 Å². The Kier molecular flexibility index (Phi) is 5.16. The van der Waals surface area contributed by atoms with Crippen LogP contribution in [0.15, 0.2) is 24.5 Å². The summed E-state index contributed by atoms with van der Waals surface area (Å²) in [5.74, 6) is 0.573. The number of carbonyl (C=O) groups is 1. The number of alkyl halides is 3. The average Bonchev–Trinajstić information content (AvgIpc) is 3.34. The van der Waals surface area contributed by atoms with Gasteiger partial charge in [0.05, 0.1) is 36.5 Å². The highest BCUT2D eigenvalue weighted by molar-refractivity contribution is 5.85. The van der Waals surface area contributed by atoms with Gasteiger partial charge in [-0.25, -0.2) is 14.6 Å². The van der Waals surface area contributed by atoms with Gasteiger partial charge in [-0.1, -0.05) is 0 Å². The summed E-state index contributed by atoms with van der Waals surface area (Å²) in [6.07, 6.45) is -1.87. The van der Waals surface area contributed by atoms with E-state index in [4.69, 9.17) is 0 Å². The van der Waals surface area contributed by atoms with E-state index in [9.17, 15) is 18.0 Å². The molecule has 4 heterocycles. The number of benzene rings is 1. The Balaban J connectivity index is 0.00000231. The lowest BCUT2D eigenvalue weighted by molar-refractivity contribution is -0.274. The van der Waals surface area contributed by atoms with E-state index in [1.807, 2.05) is 11.5 Å². The molecule has 0 aliphatic carbocycles. The topological polar surface area (TPSA) is 78.1 Å². The summed E-state index contributed by atoms with van der Waals surface area (Å²) in [6.45, 7) is 3.13. The number of rotatable bonds is 3. The molecule has 2 aliphatic rings. The van der Waals surface area contributed by atoms with Crippen LogP contribution in [-0.4, -0.2) is 48.0 Å². The first-order chi connectivity index (χ1) is 14.3. The van der Waals surface area contributed by atoms with Crippen molar-refractivity contribution in [2.75, 3.05) is 6.54 Å². The predicted octanol–water partition coefficient (Wildman–Crippen LogP) is 3.24. The second-order valence-electron chi connectivity index (χ2n) is 7.30. The van der Waals surface area contributed by atoms with Gasteiger partial charge in [0.2, 0.25) is 5.91 Å². The van der Waals surface area contributed by atoms with E-state index in [1.54, 1.807) is 22.0 Å². The van der Waals surface area contributed by atoms with Crippen LogP contribution in [0.3, 0.4) is 0 Å². The van der Waals surface area contributed by atoms with Gasteiger partial charge in [-0.15, -0.1) is 25.6 Å². The van der Waals surface area contributed by atoms with Crippen molar-refractivity contribution in [3.63, 3.8) is 0 Å². The van der Waals surface area contributed by atoms with Crippen LogP contribution < -0.4 is 4.74 Å². The summed E-state index contributed by atoms with van der Waals surface area (Å²) in [5.41, 5.74) is 2.72. The lowest BCUT2D eigenvalue weighted by Gasteiger charge is -2.13. The normalized spacial score (nSPS) is 15.1. The molecule has 0 saturated carbocycles. The van der Waals surface area contributed by atoms with E-state index < -0.39 is 6.36 Å². The lowest BCUT2D eigenvalue weighted by atomic mass is 10.1. The minimum absolute atomic E-state index is 0. The number of fused-ring (bicyclic) bond motifs is 5. The minimum Gasteiger partial charge on any atom is -0.406 e. The van der Waals surface area contributed by atoms with Crippen molar-refractivity contribution in [3.8, 4) is 22.8 Å². The minimum atomic E-state index is -4.80. The van der Waals surface area contributed by atoms with Crippen LogP contribution in [-0.2, 0) is 17.9 Å². The van der Waals surface area contributed by atoms with Gasteiger partial charge in [-0.05, 0) is 31.5 Å². The molecular formula is C19H18ClF3N6O2. The van der Waals surface area contributed by atoms with Gasteiger partial charge in [0.25, 0.3) is 0 Å². The van der Waals surface area contributed by atoms with Crippen LogP contribution in [0.4, 0.5) is 13.2 Å². The van der Waals surface area contributed by atoms with Crippen LogP contribution in [0.5, 0.6) is 5.75 Å². The maximum atomic E-state index is 12.8. The maximum absolute atomic E-state index is 12.8. The van der Waals surface area contributed by atoms with Crippen molar-refractivity contribution < 1.29 is 22.7 Å². The van der Waals surface area contributed by atoms with Crippen molar-refractivity contribution in [2.45, 2.75) is 39.2 Å². The third-order valence-corrected chi connectivity index (χ3v) is 5.30. The SMILES string of the molecule is Cc1ncn2c1Cn1nc(CN3CCCC3=O)nc1-c1cc(OC(F)(F)F)ccc1-2.Cl. The van der Waals surface area contributed by atoms with E-state index in [-0.39, 0.29) is 30.6 Å². The van der Waals surface area contributed by atoms with Crippen LogP contribution in [0.1, 0.15) is 30.1 Å². The number of aryl methyl sites for hydroxylation is 1. The Morgan fingerprint density at radius 2 is 2.06 bits per heavy atom. The largest absolute Gasteiger partial charge is 0.573 e. The quantitative estimate of drug-likeness (QED) is 0.475. The number of aromatic nitrogens is 5. The number of imidazole rings is 1. The number of amides is 1. The van der Waals surface area contributed by atoms with Crippen LogP contribution in [0.2, 0.25) is 0 Å². The van der Waals surface area contributed by atoms with Crippen LogP contribution in [0, 0.1) is 6.92 Å². The molecule has 0 spiro atoms. The number of hydrogen-bond donors (Lipinski definition) is 0. The number of carbonyl (C=O) groups excluding carboxylic acids is 1.